The number of allylic oxidation sites excluding steroid dienone is 16. The zero-order valence-electron chi connectivity index (χ0n) is 44.8. The van der Waals surface area contributed by atoms with Crippen molar-refractivity contribution < 1.29 is 23.8 Å². The molecule has 5 heteroatoms. The van der Waals surface area contributed by atoms with Gasteiger partial charge < -0.3 is 14.2 Å². The quantitative estimate of drug-likeness (QED) is 0.0345. The summed E-state index contributed by atoms with van der Waals surface area (Å²) in [5.41, 5.74) is 0. The topological polar surface area (TPSA) is 61.8 Å². The first-order valence-electron chi connectivity index (χ1n) is 28.8. The van der Waals surface area contributed by atoms with Gasteiger partial charge in [-0.1, -0.05) is 253 Å². The predicted molar refractivity (Wildman–Crippen MR) is 297 cm³/mol. The van der Waals surface area contributed by atoms with E-state index in [2.05, 4.69) is 118 Å². The third-order valence-electron chi connectivity index (χ3n) is 12.1. The number of esters is 2. The normalized spacial score (nSPS) is 12.9. The molecule has 0 aromatic rings. The van der Waals surface area contributed by atoms with E-state index >= 15 is 0 Å². The van der Waals surface area contributed by atoms with Crippen LogP contribution in [0.15, 0.2) is 97.2 Å². The Morgan fingerprint density at radius 2 is 0.662 bits per heavy atom. The van der Waals surface area contributed by atoms with E-state index in [9.17, 15) is 9.59 Å². The molecule has 0 aliphatic carbocycles. The SMILES string of the molecule is CC/C=C\C/C=C\C/C=C\C/C=C\CCCCCCCCC(=O)OCC(COCCCCCCC/C=C\C/C=C\C/C=C\C/C=C\CC)OC(=O)CCCCCCCCCCCCCCCCC. The predicted octanol–water partition coefficient (Wildman–Crippen LogP) is 19.8. The van der Waals surface area contributed by atoms with Crippen LogP contribution in [0.1, 0.15) is 265 Å². The van der Waals surface area contributed by atoms with Crippen molar-refractivity contribution in [2.24, 2.45) is 0 Å². The maximum atomic E-state index is 12.9. The molecule has 0 aliphatic heterocycles. The van der Waals surface area contributed by atoms with Crippen LogP contribution < -0.4 is 0 Å². The van der Waals surface area contributed by atoms with Crippen molar-refractivity contribution in [2.45, 2.75) is 271 Å². The highest BCUT2D eigenvalue weighted by Crippen LogP contribution is 2.15. The highest BCUT2D eigenvalue weighted by molar-refractivity contribution is 5.70. The molecule has 0 aromatic heterocycles. The maximum absolute atomic E-state index is 12.9. The summed E-state index contributed by atoms with van der Waals surface area (Å²) in [5, 5.41) is 0. The fraction of sp³-hybridized carbons (Fsp3) is 0.714. The van der Waals surface area contributed by atoms with Crippen molar-refractivity contribution in [1.82, 2.24) is 0 Å². The summed E-state index contributed by atoms with van der Waals surface area (Å²) in [6, 6.07) is 0. The summed E-state index contributed by atoms with van der Waals surface area (Å²) >= 11 is 0. The van der Waals surface area contributed by atoms with Gasteiger partial charge in [0, 0.05) is 19.4 Å². The number of ether oxygens (including phenoxy) is 3. The summed E-state index contributed by atoms with van der Waals surface area (Å²) in [5.74, 6) is -0.419. The Morgan fingerprint density at radius 3 is 1.06 bits per heavy atom. The number of carbonyl (C=O) groups excluding carboxylic acids is 2. The third kappa shape index (κ3) is 55.4. The van der Waals surface area contributed by atoms with Gasteiger partial charge in [0.05, 0.1) is 6.61 Å². The van der Waals surface area contributed by atoms with Gasteiger partial charge in [0.2, 0.25) is 0 Å². The minimum atomic E-state index is -0.556. The van der Waals surface area contributed by atoms with Gasteiger partial charge in [-0.15, -0.1) is 0 Å². The van der Waals surface area contributed by atoms with E-state index in [0.717, 1.165) is 109 Å². The third-order valence-corrected chi connectivity index (χ3v) is 12.1. The van der Waals surface area contributed by atoms with E-state index in [1.807, 2.05) is 0 Å². The molecular formula is C63H108O5. The average molecular weight is 946 g/mol. The highest BCUT2D eigenvalue weighted by Gasteiger charge is 2.17. The standard InChI is InChI=1S/C63H108O5/c1-4-7-10-13-16-19-22-25-28-30-32-33-36-38-41-44-47-50-53-56-62(64)67-60-61(68-63(65)57-54-51-48-45-42-39-35-27-24-21-18-15-12-9-6-3)59-66-58-55-52-49-46-43-40-37-34-31-29-26-23-20-17-14-11-8-5-2/h7-8,10-11,16-17,19-20,25-26,28-29,32-34,37,61H,4-6,9,12-15,18,21-24,27,30-31,35-36,38-60H2,1-3H3/b10-7-,11-8-,19-16-,20-17-,28-25-,29-26-,33-32-,37-34-. The Kier molecular flexibility index (Phi) is 55.4. The zero-order valence-corrected chi connectivity index (χ0v) is 44.8. The van der Waals surface area contributed by atoms with E-state index < -0.39 is 6.10 Å². The molecule has 0 aliphatic rings. The highest BCUT2D eigenvalue weighted by atomic mass is 16.6. The summed E-state index contributed by atoms with van der Waals surface area (Å²) in [7, 11) is 0. The second-order valence-corrected chi connectivity index (χ2v) is 18.8. The lowest BCUT2D eigenvalue weighted by Crippen LogP contribution is -2.30. The second-order valence-electron chi connectivity index (χ2n) is 18.8. The molecule has 68 heavy (non-hydrogen) atoms. The van der Waals surface area contributed by atoms with Crippen molar-refractivity contribution in [3.8, 4) is 0 Å². The fourth-order valence-corrected chi connectivity index (χ4v) is 7.90. The molecule has 0 saturated carbocycles. The van der Waals surface area contributed by atoms with Gasteiger partial charge in [-0.05, 0) is 96.3 Å². The Labute approximate surface area is 422 Å². The Hall–Kier alpha value is -3.18. The van der Waals surface area contributed by atoms with Crippen molar-refractivity contribution in [3.63, 3.8) is 0 Å². The van der Waals surface area contributed by atoms with Crippen LogP contribution in [-0.2, 0) is 23.8 Å². The van der Waals surface area contributed by atoms with Gasteiger partial charge in [0.25, 0.3) is 0 Å². The number of unbranched alkanes of at least 4 members (excludes halogenated alkanes) is 25. The smallest absolute Gasteiger partial charge is 0.306 e. The Bertz CT molecular complexity index is 1300. The lowest BCUT2D eigenvalue weighted by atomic mass is 10.0. The molecule has 1 atom stereocenters. The van der Waals surface area contributed by atoms with E-state index in [1.165, 1.54) is 122 Å². The summed E-state index contributed by atoms with van der Waals surface area (Å²) in [6.45, 7) is 7.57. The molecule has 0 N–H and O–H groups in total. The van der Waals surface area contributed by atoms with Crippen LogP contribution in [-0.4, -0.2) is 37.9 Å². The lowest BCUT2D eigenvalue weighted by molar-refractivity contribution is -0.163. The Balaban J connectivity index is 4.34. The monoisotopic (exact) mass is 945 g/mol. The van der Waals surface area contributed by atoms with E-state index in [0.29, 0.717) is 19.4 Å². The largest absolute Gasteiger partial charge is 0.462 e. The molecule has 1 unspecified atom stereocenters. The minimum Gasteiger partial charge on any atom is -0.462 e. The lowest BCUT2D eigenvalue weighted by Gasteiger charge is -2.18. The van der Waals surface area contributed by atoms with Crippen LogP contribution in [0.2, 0.25) is 0 Å². The van der Waals surface area contributed by atoms with E-state index in [4.69, 9.17) is 14.2 Å². The first-order chi connectivity index (χ1) is 33.6. The number of hydrogen-bond acceptors (Lipinski definition) is 5. The minimum absolute atomic E-state index is 0.0675. The summed E-state index contributed by atoms with van der Waals surface area (Å²) in [4.78, 5) is 25.5. The van der Waals surface area contributed by atoms with Crippen molar-refractivity contribution in [2.75, 3.05) is 19.8 Å². The molecule has 0 amide bonds. The van der Waals surface area contributed by atoms with Crippen LogP contribution in [0, 0.1) is 0 Å². The van der Waals surface area contributed by atoms with Crippen molar-refractivity contribution >= 4 is 11.9 Å². The van der Waals surface area contributed by atoms with Crippen LogP contribution >= 0.6 is 0 Å². The summed E-state index contributed by atoms with van der Waals surface area (Å²) in [6.07, 6.45) is 78.5. The van der Waals surface area contributed by atoms with Crippen LogP contribution in [0.25, 0.3) is 0 Å². The molecule has 0 heterocycles. The number of rotatable bonds is 52. The molecule has 5 nitrogen and oxygen atoms in total. The summed E-state index contributed by atoms with van der Waals surface area (Å²) < 4.78 is 17.5. The molecule has 0 fully saturated rings. The molecule has 0 radical (unpaired) electrons. The molecule has 0 saturated heterocycles. The van der Waals surface area contributed by atoms with Crippen LogP contribution in [0.5, 0.6) is 0 Å². The maximum Gasteiger partial charge on any atom is 0.306 e. The van der Waals surface area contributed by atoms with Gasteiger partial charge in [-0.2, -0.15) is 0 Å². The Morgan fingerprint density at radius 1 is 0.338 bits per heavy atom. The molecule has 0 aromatic carbocycles. The van der Waals surface area contributed by atoms with Gasteiger partial charge in [-0.25, -0.2) is 0 Å². The van der Waals surface area contributed by atoms with E-state index in [1.54, 1.807) is 0 Å². The zero-order chi connectivity index (χ0) is 49.2. The second kappa shape index (κ2) is 58.1. The molecular weight excluding hydrogens is 837 g/mol. The molecule has 0 bridgehead atoms. The first-order valence-corrected chi connectivity index (χ1v) is 28.8. The van der Waals surface area contributed by atoms with Gasteiger partial charge >= 0.3 is 11.9 Å². The van der Waals surface area contributed by atoms with Crippen LogP contribution in [0.3, 0.4) is 0 Å². The molecule has 0 spiro atoms. The number of carbonyl (C=O) groups is 2. The average Bonchev–Trinajstić information content (AvgIpc) is 3.34. The number of hydrogen-bond donors (Lipinski definition) is 0. The van der Waals surface area contributed by atoms with Crippen molar-refractivity contribution in [1.29, 1.82) is 0 Å². The molecule has 390 valence electrons. The fourth-order valence-electron chi connectivity index (χ4n) is 7.90. The molecule has 0 rings (SSSR count). The van der Waals surface area contributed by atoms with E-state index in [-0.39, 0.29) is 25.2 Å². The van der Waals surface area contributed by atoms with Crippen LogP contribution in [0.4, 0.5) is 0 Å². The van der Waals surface area contributed by atoms with Gasteiger partial charge in [0.15, 0.2) is 6.10 Å². The van der Waals surface area contributed by atoms with Gasteiger partial charge in [-0.3, -0.25) is 9.59 Å². The van der Waals surface area contributed by atoms with Gasteiger partial charge in [0.1, 0.15) is 6.61 Å². The first kappa shape index (κ1) is 64.8. The van der Waals surface area contributed by atoms with Crippen molar-refractivity contribution in [3.05, 3.63) is 97.2 Å².